The van der Waals surface area contributed by atoms with Crippen LogP contribution in [0.4, 0.5) is 0 Å². The molecule has 0 atom stereocenters. The molecule has 0 saturated heterocycles. The average molecular weight is 480 g/mol. The van der Waals surface area contributed by atoms with E-state index in [0.29, 0.717) is 5.56 Å². The van der Waals surface area contributed by atoms with Crippen molar-refractivity contribution < 1.29 is 4.52 Å². The summed E-state index contributed by atoms with van der Waals surface area (Å²) >= 11 is 0. The number of rotatable bonds is 5. The molecule has 0 spiro atoms. The quantitative estimate of drug-likeness (QED) is 0.235. The fourth-order valence-corrected chi connectivity index (χ4v) is 6.44. The number of benzene rings is 6. The van der Waals surface area contributed by atoms with Crippen LogP contribution in [0.5, 0.6) is 5.75 Å². The second kappa shape index (κ2) is 9.67. The van der Waals surface area contributed by atoms with Crippen molar-refractivity contribution in [3.05, 3.63) is 139 Å². The van der Waals surface area contributed by atoms with E-state index in [0.717, 1.165) is 49.0 Å². The Morgan fingerprint density at radius 2 is 1.00 bits per heavy atom. The first-order valence-corrected chi connectivity index (χ1v) is 13.1. The molecule has 0 saturated carbocycles. The van der Waals surface area contributed by atoms with Crippen LogP contribution in [0.1, 0.15) is 5.56 Å². The number of hydrogen-bond acceptors (Lipinski definition) is 2. The molecule has 0 aliphatic rings. The molecular formula is C33H22NOP. The number of nitrogens with zero attached hydrogens (tertiary/aromatic N) is 1. The molecule has 0 fully saturated rings. The van der Waals surface area contributed by atoms with Gasteiger partial charge in [-0.25, -0.2) is 0 Å². The molecule has 170 valence electrons. The van der Waals surface area contributed by atoms with Crippen molar-refractivity contribution in [3.63, 3.8) is 0 Å². The van der Waals surface area contributed by atoms with Gasteiger partial charge in [0.25, 0.3) is 0 Å². The highest BCUT2D eigenvalue weighted by Crippen LogP contribution is 2.47. The molecule has 0 bridgehead atoms. The summed E-state index contributed by atoms with van der Waals surface area (Å²) in [5, 5.41) is 16.7. The van der Waals surface area contributed by atoms with Crippen LogP contribution in [0.2, 0.25) is 0 Å². The lowest BCUT2D eigenvalue weighted by molar-refractivity contribution is 0.633. The molecule has 0 aliphatic heterocycles. The third-order valence-electron chi connectivity index (χ3n) is 6.36. The molecule has 0 aromatic heterocycles. The van der Waals surface area contributed by atoms with E-state index in [4.69, 9.17) is 4.52 Å². The molecule has 0 heterocycles. The molecule has 6 aromatic rings. The van der Waals surface area contributed by atoms with Crippen molar-refractivity contribution in [1.82, 2.24) is 0 Å². The summed E-state index contributed by atoms with van der Waals surface area (Å²) in [6.07, 6.45) is 0. The Hall–Kier alpha value is -4.44. The Morgan fingerprint density at radius 1 is 0.500 bits per heavy atom. The van der Waals surface area contributed by atoms with Crippen LogP contribution >= 0.6 is 8.15 Å². The minimum Gasteiger partial charge on any atom is -0.464 e. The topological polar surface area (TPSA) is 33.0 Å². The second-order valence-corrected chi connectivity index (χ2v) is 10.3. The molecule has 3 heteroatoms. The van der Waals surface area contributed by atoms with E-state index in [1.807, 2.05) is 48.5 Å². The minimum absolute atomic E-state index is 0.638. The van der Waals surface area contributed by atoms with E-state index in [2.05, 4.69) is 91.0 Å². The van der Waals surface area contributed by atoms with Gasteiger partial charge >= 0.3 is 0 Å². The lowest BCUT2D eigenvalue weighted by atomic mass is 9.90. The predicted molar refractivity (Wildman–Crippen MR) is 151 cm³/mol. The van der Waals surface area contributed by atoms with Gasteiger partial charge in [-0.2, -0.15) is 5.26 Å². The Bertz CT molecular complexity index is 1680. The standard InChI is InChI=1S/C33H22NOP/c34-23-26-20-19-24-11-7-9-17-29(24)32(26)33-30-18-10-8-12-25(30)21-22-31(33)35-36(27-13-3-1-4-14-27)28-15-5-2-6-16-28/h1-22H. The molecule has 36 heavy (non-hydrogen) atoms. The van der Waals surface area contributed by atoms with Crippen molar-refractivity contribution in [2.45, 2.75) is 0 Å². The van der Waals surface area contributed by atoms with Gasteiger partial charge in [-0.15, -0.1) is 0 Å². The average Bonchev–Trinajstić information content (AvgIpc) is 2.96. The molecule has 0 N–H and O–H groups in total. The Balaban J connectivity index is 1.64. The summed E-state index contributed by atoms with van der Waals surface area (Å²) in [5.41, 5.74) is 2.51. The first kappa shape index (κ1) is 22.1. The third-order valence-corrected chi connectivity index (χ3v) is 8.27. The van der Waals surface area contributed by atoms with Gasteiger partial charge in [-0.1, -0.05) is 121 Å². The monoisotopic (exact) mass is 479 g/mol. The fourth-order valence-electron chi connectivity index (χ4n) is 4.70. The SMILES string of the molecule is N#Cc1ccc2ccccc2c1-c1c(OP(c2ccccc2)c2ccccc2)ccc2ccccc12. The zero-order valence-corrected chi connectivity index (χ0v) is 20.4. The van der Waals surface area contributed by atoms with E-state index in [-0.39, 0.29) is 0 Å². The molecule has 6 aromatic carbocycles. The maximum Gasteiger partial charge on any atom is 0.150 e. The summed E-state index contributed by atoms with van der Waals surface area (Å²) in [4.78, 5) is 0. The maximum atomic E-state index is 10.2. The molecule has 6 rings (SSSR count). The normalized spacial score (nSPS) is 11.0. The largest absolute Gasteiger partial charge is 0.464 e. The van der Waals surface area contributed by atoms with Crippen LogP contribution in [0, 0.1) is 11.3 Å². The zero-order valence-electron chi connectivity index (χ0n) is 19.5. The van der Waals surface area contributed by atoms with E-state index < -0.39 is 8.15 Å². The Morgan fingerprint density at radius 3 is 1.58 bits per heavy atom. The van der Waals surface area contributed by atoms with E-state index in [1.54, 1.807) is 0 Å². The number of fused-ring (bicyclic) bond motifs is 2. The van der Waals surface area contributed by atoms with Gasteiger partial charge < -0.3 is 4.52 Å². The van der Waals surface area contributed by atoms with Crippen LogP contribution in [-0.4, -0.2) is 0 Å². The summed E-state index contributed by atoms with van der Waals surface area (Å²) in [7, 11) is -1.13. The highest BCUT2D eigenvalue weighted by molar-refractivity contribution is 7.68. The van der Waals surface area contributed by atoms with Gasteiger partial charge in [0.05, 0.1) is 11.6 Å². The lowest BCUT2D eigenvalue weighted by Gasteiger charge is -2.23. The summed E-state index contributed by atoms with van der Waals surface area (Å²) < 4.78 is 6.98. The highest BCUT2D eigenvalue weighted by atomic mass is 31.1. The van der Waals surface area contributed by atoms with Gasteiger partial charge in [0.2, 0.25) is 0 Å². The van der Waals surface area contributed by atoms with Gasteiger partial charge in [0.1, 0.15) is 5.75 Å². The third kappa shape index (κ3) is 4.01. The minimum atomic E-state index is -1.13. The Labute approximate surface area is 211 Å². The van der Waals surface area contributed by atoms with Crippen molar-refractivity contribution in [2.24, 2.45) is 0 Å². The molecule has 0 amide bonds. The molecular weight excluding hydrogens is 457 g/mol. The van der Waals surface area contributed by atoms with Gasteiger partial charge in [-0.05, 0) is 33.7 Å². The smallest absolute Gasteiger partial charge is 0.150 e. The van der Waals surface area contributed by atoms with E-state index >= 15 is 0 Å². The highest BCUT2D eigenvalue weighted by Gasteiger charge is 2.22. The van der Waals surface area contributed by atoms with Crippen LogP contribution < -0.4 is 15.1 Å². The fraction of sp³-hybridized carbons (Fsp3) is 0. The van der Waals surface area contributed by atoms with Gasteiger partial charge in [-0.3, -0.25) is 0 Å². The van der Waals surface area contributed by atoms with Gasteiger partial charge in [0, 0.05) is 21.7 Å². The maximum absolute atomic E-state index is 10.2. The van der Waals surface area contributed by atoms with Crippen LogP contribution in [-0.2, 0) is 0 Å². The predicted octanol–water partition coefficient (Wildman–Crippen LogP) is 7.96. The van der Waals surface area contributed by atoms with E-state index in [9.17, 15) is 5.26 Å². The number of nitriles is 1. The van der Waals surface area contributed by atoms with Crippen molar-refractivity contribution in [3.8, 4) is 22.9 Å². The molecule has 2 nitrogen and oxygen atoms in total. The summed E-state index contributed by atoms with van der Waals surface area (Å²) in [6.45, 7) is 0. The van der Waals surface area contributed by atoms with E-state index in [1.165, 1.54) is 0 Å². The first-order chi connectivity index (χ1) is 17.8. The lowest BCUT2D eigenvalue weighted by Crippen LogP contribution is -2.15. The molecule has 0 radical (unpaired) electrons. The molecule has 0 unspecified atom stereocenters. The van der Waals surface area contributed by atoms with Crippen molar-refractivity contribution >= 4 is 40.3 Å². The van der Waals surface area contributed by atoms with Crippen LogP contribution in [0.3, 0.4) is 0 Å². The second-order valence-electron chi connectivity index (χ2n) is 8.54. The van der Waals surface area contributed by atoms with Crippen molar-refractivity contribution in [2.75, 3.05) is 0 Å². The summed E-state index contributed by atoms with van der Waals surface area (Å²) in [6, 6.07) is 47.9. The zero-order chi connectivity index (χ0) is 24.3. The van der Waals surface area contributed by atoms with Crippen LogP contribution in [0.15, 0.2) is 133 Å². The first-order valence-electron chi connectivity index (χ1n) is 11.9. The molecule has 0 aliphatic carbocycles. The van der Waals surface area contributed by atoms with Crippen molar-refractivity contribution in [1.29, 1.82) is 5.26 Å². The van der Waals surface area contributed by atoms with Gasteiger partial charge in [0.15, 0.2) is 8.15 Å². The summed E-state index contributed by atoms with van der Waals surface area (Å²) in [5.74, 6) is 0.778. The Kier molecular flexibility index (Phi) is 5.92. The van der Waals surface area contributed by atoms with Crippen LogP contribution in [0.25, 0.3) is 32.7 Å². The number of hydrogen-bond donors (Lipinski definition) is 0.